The van der Waals surface area contributed by atoms with E-state index in [2.05, 4.69) is 6.92 Å². The molecule has 0 aliphatic heterocycles. The van der Waals surface area contributed by atoms with Crippen molar-refractivity contribution >= 4 is 0 Å². The van der Waals surface area contributed by atoms with E-state index in [0.29, 0.717) is 0 Å². The van der Waals surface area contributed by atoms with E-state index in [4.69, 9.17) is 0 Å². The summed E-state index contributed by atoms with van der Waals surface area (Å²) in [7, 11) is 0. The molecule has 0 atom stereocenters. The first-order valence-electron chi connectivity index (χ1n) is 6.47. The van der Waals surface area contributed by atoms with Crippen molar-refractivity contribution in [1.29, 1.82) is 0 Å². The zero-order valence-corrected chi connectivity index (χ0v) is 10.9. The normalized spacial score (nSPS) is 10.0. The van der Waals surface area contributed by atoms with Crippen molar-refractivity contribution in [2.45, 2.75) is 77.6 Å². The second kappa shape index (κ2) is 16.9. The molecule has 0 nitrogen and oxygen atoms in total. The summed E-state index contributed by atoms with van der Waals surface area (Å²) in [6.07, 6.45) is 14.1. The van der Waals surface area contributed by atoms with Crippen LogP contribution < -0.4 is 18.9 Å². The third kappa shape index (κ3) is 17.2. The molecule has 0 saturated carbocycles. The van der Waals surface area contributed by atoms with Crippen LogP contribution in [0.4, 0.5) is 4.39 Å². The summed E-state index contributed by atoms with van der Waals surface area (Å²) in [4.78, 5) is 0. The first-order valence-corrected chi connectivity index (χ1v) is 6.47. The van der Waals surface area contributed by atoms with Crippen LogP contribution in [0.25, 0.3) is 0 Å². The van der Waals surface area contributed by atoms with Gasteiger partial charge in [0.05, 0.1) is 6.67 Å². The predicted octanol–water partition coefficient (Wildman–Crippen LogP) is 2.38. The number of alkyl halides is 1. The average Bonchev–Trinajstić information content (AvgIpc) is 2.21. The van der Waals surface area contributed by atoms with E-state index >= 15 is 0 Å². The van der Waals surface area contributed by atoms with E-state index in [0.717, 1.165) is 12.8 Å². The van der Waals surface area contributed by atoms with E-state index in [9.17, 15) is 4.39 Å². The molecule has 0 radical (unpaired) electrons. The van der Waals surface area contributed by atoms with Crippen molar-refractivity contribution in [3.8, 4) is 0 Å². The second-order valence-corrected chi connectivity index (χ2v) is 4.22. The van der Waals surface area contributed by atoms with Gasteiger partial charge in [-0.1, -0.05) is 71.1 Å². The van der Waals surface area contributed by atoms with Crippen LogP contribution in [-0.2, 0) is 0 Å². The topological polar surface area (TPSA) is 0 Å². The number of hydrogen-bond acceptors (Lipinski definition) is 0. The van der Waals surface area contributed by atoms with Gasteiger partial charge < -0.3 is 1.43 Å². The van der Waals surface area contributed by atoms with Gasteiger partial charge in [0, 0.05) is 0 Å². The van der Waals surface area contributed by atoms with Crippen molar-refractivity contribution < 1.29 is 24.7 Å². The first-order chi connectivity index (χ1) is 6.91. The quantitative estimate of drug-likeness (QED) is 0.363. The van der Waals surface area contributed by atoms with Gasteiger partial charge in [-0.2, -0.15) is 0 Å². The summed E-state index contributed by atoms with van der Waals surface area (Å²) in [5.41, 5.74) is 0. The van der Waals surface area contributed by atoms with Gasteiger partial charge in [0.2, 0.25) is 0 Å². The number of unbranched alkanes of at least 4 members (excludes halogenated alkanes) is 10. The Hall–Kier alpha value is 0.527. The third-order valence-electron chi connectivity index (χ3n) is 2.74. The smallest absolute Gasteiger partial charge is 1.00 e. The minimum absolute atomic E-state index is 0. The zero-order valence-electron chi connectivity index (χ0n) is 11.9. The molecule has 0 aromatic carbocycles. The molecule has 0 N–H and O–H groups in total. The molecule has 0 fully saturated rings. The van der Waals surface area contributed by atoms with Crippen molar-refractivity contribution in [3.63, 3.8) is 0 Å². The van der Waals surface area contributed by atoms with Crippen LogP contribution >= 0.6 is 0 Å². The van der Waals surface area contributed by atoms with Gasteiger partial charge in [0.1, 0.15) is 0 Å². The van der Waals surface area contributed by atoms with Crippen LogP contribution in [0, 0.1) is 0 Å². The Labute approximate surface area is 109 Å². The van der Waals surface area contributed by atoms with Crippen molar-refractivity contribution in [1.82, 2.24) is 0 Å². The molecule has 0 aromatic heterocycles. The van der Waals surface area contributed by atoms with Crippen LogP contribution in [-0.4, -0.2) is 6.67 Å². The molecular formula is C13H28FLi. The molecule has 0 saturated heterocycles. The SMILES string of the molecule is CCCCCCCCCCCCCF.[H-].[Li+]. The molecule has 0 rings (SSSR count). The van der Waals surface area contributed by atoms with Gasteiger partial charge in [-0.05, 0) is 6.42 Å². The molecule has 0 aliphatic rings. The van der Waals surface area contributed by atoms with Gasteiger partial charge in [-0.15, -0.1) is 0 Å². The first kappa shape index (κ1) is 17.9. The van der Waals surface area contributed by atoms with Crippen LogP contribution in [0.15, 0.2) is 0 Å². The van der Waals surface area contributed by atoms with Crippen LogP contribution in [0.5, 0.6) is 0 Å². The van der Waals surface area contributed by atoms with Crippen molar-refractivity contribution in [3.05, 3.63) is 0 Å². The van der Waals surface area contributed by atoms with E-state index < -0.39 is 0 Å². The van der Waals surface area contributed by atoms with Gasteiger partial charge in [0.15, 0.2) is 0 Å². The van der Waals surface area contributed by atoms with Crippen LogP contribution in [0.1, 0.15) is 79.0 Å². The summed E-state index contributed by atoms with van der Waals surface area (Å²) < 4.78 is 11.7. The van der Waals surface area contributed by atoms with Gasteiger partial charge in [-0.3, -0.25) is 4.39 Å². The summed E-state index contributed by atoms with van der Waals surface area (Å²) in [6, 6.07) is 0. The molecule has 2 heteroatoms. The minimum Gasteiger partial charge on any atom is -1.00 e. The van der Waals surface area contributed by atoms with Gasteiger partial charge >= 0.3 is 18.9 Å². The average molecular weight is 210 g/mol. The Bertz CT molecular complexity index is 89.9. The summed E-state index contributed by atoms with van der Waals surface area (Å²) >= 11 is 0. The fourth-order valence-corrected chi connectivity index (χ4v) is 1.76. The maximum absolute atomic E-state index is 11.7. The molecule has 0 aliphatic carbocycles. The monoisotopic (exact) mass is 210 g/mol. The minimum atomic E-state index is -0.128. The van der Waals surface area contributed by atoms with Crippen molar-refractivity contribution in [2.24, 2.45) is 0 Å². The molecule has 0 unspecified atom stereocenters. The van der Waals surface area contributed by atoms with Crippen molar-refractivity contribution in [2.75, 3.05) is 6.67 Å². The Morgan fingerprint density at radius 3 is 1.33 bits per heavy atom. The Morgan fingerprint density at radius 2 is 1.00 bits per heavy atom. The van der Waals surface area contributed by atoms with E-state index in [1.54, 1.807) is 0 Å². The Morgan fingerprint density at radius 1 is 0.667 bits per heavy atom. The predicted molar refractivity (Wildman–Crippen MR) is 63.5 cm³/mol. The Balaban J connectivity index is -0.000000845. The summed E-state index contributed by atoms with van der Waals surface area (Å²) in [5.74, 6) is 0. The summed E-state index contributed by atoms with van der Waals surface area (Å²) in [5, 5.41) is 0. The number of hydrogen-bond donors (Lipinski definition) is 0. The largest absolute Gasteiger partial charge is 1.00 e. The molecule has 15 heavy (non-hydrogen) atoms. The molecule has 0 amide bonds. The summed E-state index contributed by atoms with van der Waals surface area (Å²) in [6.45, 7) is 2.13. The Kier molecular flexibility index (Phi) is 20.2. The molecule has 0 aromatic rings. The van der Waals surface area contributed by atoms with Crippen LogP contribution in [0.2, 0.25) is 0 Å². The molecule has 0 bridgehead atoms. The molecular weight excluding hydrogens is 182 g/mol. The maximum atomic E-state index is 11.7. The van der Waals surface area contributed by atoms with Crippen LogP contribution in [0.3, 0.4) is 0 Å². The standard InChI is InChI=1S/C13H27F.Li.H/c1-2-3-4-5-6-7-8-9-10-11-12-13-14;;/h2-13H2,1H3;;/q;+1;-1. The maximum Gasteiger partial charge on any atom is 1.00 e. The van der Waals surface area contributed by atoms with Gasteiger partial charge in [-0.25, -0.2) is 0 Å². The van der Waals surface area contributed by atoms with E-state index in [1.807, 2.05) is 0 Å². The fourth-order valence-electron chi connectivity index (χ4n) is 1.76. The molecule has 0 spiro atoms. The molecule has 0 heterocycles. The van der Waals surface area contributed by atoms with E-state index in [-0.39, 0.29) is 27.0 Å². The fraction of sp³-hybridized carbons (Fsp3) is 1.00. The molecule has 88 valence electrons. The number of rotatable bonds is 11. The zero-order chi connectivity index (χ0) is 10.5. The van der Waals surface area contributed by atoms with E-state index in [1.165, 1.54) is 57.8 Å². The number of halogens is 1. The van der Waals surface area contributed by atoms with Gasteiger partial charge in [0.25, 0.3) is 0 Å². The third-order valence-corrected chi connectivity index (χ3v) is 2.74. The second-order valence-electron chi connectivity index (χ2n) is 4.22.